The lowest BCUT2D eigenvalue weighted by Crippen LogP contribution is -2.38. The van der Waals surface area contributed by atoms with Crippen molar-refractivity contribution in [2.75, 3.05) is 13.1 Å². The van der Waals surface area contributed by atoms with Crippen LogP contribution in [0.15, 0.2) is 24.3 Å². The first-order chi connectivity index (χ1) is 12.6. The zero-order valence-corrected chi connectivity index (χ0v) is 15.3. The fourth-order valence-corrected chi connectivity index (χ4v) is 4.60. The Labute approximate surface area is 154 Å². The molecule has 6 nitrogen and oxygen atoms in total. The van der Waals surface area contributed by atoms with E-state index >= 15 is 0 Å². The van der Waals surface area contributed by atoms with Crippen LogP contribution in [0.3, 0.4) is 0 Å². The Morgan fingerprint density at radius 2 is 2.12 bits per heavy atom. The quantitative estimate of drug-likeness (QED) is 0.732. The molecule has 1 aromatic carbocycles. The van der Waals surface area contributed by atoms with E-state index < -0.39 is 0 Å². The first-order valence-corrected chi connectivity index (χ1v) is 9.63. The first kappa shape index (κ1) is 17.4. The van der Waals surface area contributed by atoms with Gasteiger partial charge in [0.1, 0.15) is 5.82 Å². The topological polar surface area (TPSA) is 73.9 Å². The molecule has 0 amide bonds. The van der Waals surface area contributed by atoms with Gasteiger partial charge < -0.3 is 10.2 Å². The summed E-state index contributed by atoms with van der Waals surface area (Å²) in [6, 6.07) is 6.17. The fourth-order valence-electron chi connectivity index (χ4n) is 3.47. The third-order valence-electron chi connectivity index (χ3n) is 4.84. The second kappa shape index (κ2) is 6.94. The number of hydrogen-bond donors (Lipinski definition) is 2. The van der Waals surface area contributed by atoms with Gasteiger partial charge in [-0.15, -0.1) is 5.10 Å². The van der Waals surface area contributed by atoms with Gasteiger partial charge in [0.2, 0.25) is 10.8 Å². The van der Waals surface area contributed by atoms with Gasteiger partial charge in [-0.3, -0.25) is 4.90 Å². The Balaban J connectivity index is 1.79. The summed E-state index contributed by atoms with van der Waals surface area (Å²) in [5, 5.41) is 24.9. The van der Waals surface area contributed by atoms with E-state index in [1.807, 2.05) is 13.0 Å². The van der Waals surface area contributed by atoms with Gasteiger partial charge in [-0.2, -0.15) is 4.52 Å². The Hall–Kier alpha value is -2.03. The number of aliphatic hydroxyl groups excluding tert-OH is 1. The van der Waals surface area contributed by atoms with Crippen LogP contribution in [-0.4, -0.2) is 48.9 Å². The molecule has 26 heavy (non-hydrogen) atoms. The molecule has 0 saturated carbocycles. The average Bonchev–Trinajstić information content (AvgIpc) is 3.17. The number of benzene rings is 1. The van der Waals surface area contributed by atoms with Crippen LogP contribution < -0.4 is 0 Å². The Morgan fingerprint density at radius 1 is 1.35 bits per heavy atom. The number of aromatic nitrogens is 3. The van der Waals surface area contributed by atoms with E-state index in [0.717, 1.165) is 5.56 Å². The molecule has 1 fully saturated rings. The van der Waals surface area contributed by atoms with E-state index in [-0.39, 0.29) is 23.8 Å². The smallest absolute Gasteiger partial charge is 0.230 e. The molecule has 0 unspecified atom stereocenters. The van der Waals surface area contributed by atoms with Crippen molar-refractivity contribution in [1.82, 2.24) is 19.5 Å². The van der Waals surface area contributed by atoms with Crippen LogP contribution in [0.2, 0.25) is 0 Å². The summed E-state index contributed by atoms with van der Waals surface area (Å²) in [4.78, 5) is 7.95. The van der Waals surface area contributed by atoms with Crippen LogP contribution in [0.4, 0.5) is 4.39 Å². The molecule has 2 N–H and O–H groups in total. The molecule has 1 atom stereocenters. The van der Waals surface area contributed by atoms with Crippen LogP contribution in [0.5, 0.6) is 5.88 Å². The highest BCUT2D eigenvalue weighted by atomic mass is 32.1. The van der Waals surface area contributed by atoms with Gasteiger partial charge in [0.05, 0.1) is 17.0 Å². The number of halogens is 1. The van der Waals surface area contributed by atoms with E-state index in [1.165, 1.54) is 28.0 Å². The predicted octanol–water partition coefficient (Wildman–Crippen LogP) is 2.74. The third kappa shape index (κ3) is 3.08. The lowest BCUT2D eigenvalue weighted by Gasteiger charge is -2.36. The zero-order valence-electron chi connectivity index (χ0n) is 14.5. The number of aliphatic hydroxyl groups is 1. The first-order valence-electron chi connectivity index (χ1n) is 8.81. The molecule has 3 heterocycles. The van der Waals surface area contributed by atoms with Crippen molar-refractivity contribution in [3.05, 3.63) is 46.3 Å². The Bertz CT molecular complexity index is 917. The third-order valence-corrected chi connectivity index (χ3v) is 5.91. The standard InChI is InChI=1S/C18H21FN4O2S/c1-2-14-20-18-23(21-14)17(25)16(26-18)15(11-4-3-5-12(19)10-11)22-8-6-13(24)7-9-22/h3-5,10,13,15,24-25H,2,6-9H2,1H3/t15-/m0/s1. The highest BCUT2D eigenvalue weighted by molar-refractivity contribution is 7.17. The van der Waals surface area contributed by atoms with E-state index in [4.69, 9.17) is 0 Å². The zero-order chi connectivity index (χ0) is 18.3. The lowest BCUT2D eigenvalue weighted by molar-refractivity contribution is 0.0689. The van der Waals surface area contributed by atoms with Crippen LogP contribution in [-0.2, 0) is 6.42 Å². The van der Waals surface area contributed by atoms with Crippen molar-refractivity contribution in [3.63, 3.8) is 0 Å². The van der Waals surface area contributed by atoms with E-state index in [2.05, 4.69) is 15.0 Å². The number of nitrogens with zero attached hydrogens (tertiary/aromatic N) is 4. The maximum Gasteiger partial charge on any atom is 0.230 e. The molecule has 3 aromatic rings. The van der Waals surface area contributed by atoms with Gasteiger partial charge in [0.25, 0.3) is 0 Å². The largest absolute Gasteiger partial charge is 0.492 e. The summed E-state index contributed by atoms with van der Waals surface area (Å²) in [5.41, 5.74) is 0.775. The lowest BCUT2D eigenvalue weighted by atomic mass is 9.99. The molecule has 0 radical (unpaired) electrons. The van der Waals surface area contributed by atoms with Gasteiger partial charge in [-0.1, -0.05) is 30.4 Å². The molecule has 0 bridgehead atoms. The number of aromatic hydroxyl groups is 1. The minimum Gasteiger partial charge on any atom is -0.492 e. The van der Waals surface area contributed by atoms with Crippen molar-refractivity contribution < 1.29 is 14.6 Å². The van der Waals surface area contributed by atoms with Crippen LogP contribution in [0.1, 0.15) is 42.1 Å². The van der Waals surface area contributed by atoms with Crippen molar-refractivity contribution in [2.24, 2.45) is 0 Å². The van der Waals surface area contributed by atoms with Gasteiger partial charge >= 0.3 is 0 Å². The number of fused-ring (bicyclic) bond motifs is 1. The van der Waals surface area contributed by atoms with Crippen molar-refractivity contribution in [1.29, 1.82) is 0 Å². The summed E-state index contributed by atoms with van der Waals surface area (Å²) in [6.07, 6.45) is 1.71. The second-order valence-corrected chi connectivity index (χ2v) is 7.60. The van der Waals surface area contributed by atoms with E-state index in [0.29, 0.717) is 48.0 Å². The molecule has 1 saturated heterocycles. The molecule has 2 aromatic heterocycles. The average molecular weight is 376 g/mol. The molecule has 0 aliphatic carbocycles. The molecule has 4 rings (SSSR count). The minimum atomic E-state index is -0.309. The number of rotatable bonds is 4. The number of piperidine rings is 1. The molecule has 0 spiro atoms. The monoisotopic (exact) mass is 376 g/mol. The summed E-state index contributed by atoms with van der Waals surface area (Å²) in [6.45, 7) is 3.32. The Kier molecular flexibility index (Phi) is 4.64. The van der Waals surface area contributed by atoms with Crippen molar-refractivity contribution >= 4 is 16.3 Å². The maximum absolute atomic E-state index is 13.9. The van der Waals surface area contributed by atoms with Crippen LogP contribution >= 0.6 is 11.3 Å². The SMILES string of the molecule is CCc1nc2sc([C@H](c3cccc(F)c3)N3CCC(O)CC3)c(O)n2n1. The molecule has 1 aliphatic rings. The maximum atomic E-state index is 13.9. The highest BCUT2D eigenvalue weighted by Crippen LogP contribution is 2.41. The molecular formula is C18H21FN4O2S. The second-order valence-electron chi connectivity index (χ2n) is 6.59. The molecule has 8 heteroatoms. The van der Waals surface area contributed by atoms with Crippen LogP contribution in [0, 0.1) is 5.82 Å². The predicted molar refractivity (Wildman–Crippen MR) is 97.0 cm³/mol. The number of thiazole rings is 1. The van der Waals surface area contributed by atoms with Crippen LogP contribution in [0.25, 0.3) is 4.96 Å². The van der Waals surface area contributed by atoms with Gasteiger partial charge in [0.15, 0.2) is 5.82 Å². The number of likely N-dealkylation sites (tertiary alicyclic amines) is 1. The normalized spacial score (nSPS) is 17.8. The Morgan fingerprint density at radius 3 is 2.77 bits per heavy atom. The summed E-state index contributed by atoms with van der Waals surface area (Å²) >= 11 is 1.38. The molecule has 1 aliphatic heterocycles. The highest BCUT2D eigenvalue weighted by Gasteiger charge is 2.32. The molecule has 138 valence electrons. The van der Waals surface area contributed by atoms with Crippen molar-refractivity contribution in [3.8, 4) is 5.88 Å². The summed E-state index contributed by atoms with van der Waals surface area (Å²) in [7, 11) is 0. The van der Waals surface area contributed by atoms with Gasteiger partial charge in [-0.25, -0.2) is 9.37 Å². The minimum absolute atomic E-state index is 0.0533. The van der Waals surface area contributed by atoms with Gasteiger partial charge in [0, 0.05) is 19.5 Å². The van der Waals surface area contributed by atoms with E-state index in [9.17, 15) is 14.6 Å². The fraction of sp³-hybridized carbons (Fsp3) is 0.444. The summed E-state index contributed by atoms with van der Waals surface area (Å²) < 4.78 is 15.3. The number of hydrogen-bond acceptors (Lipinski definition) is 6. The van der Waals surface area contributed by atoms with E-state index in [1.54, 1.807) is 6.07 Å². The van der Waals surface area contributed by atoms with Crippen molar-refractivity contribution in [2.45, 2.75) is 38.3 Å². The van der Waals surface area contributed by atoms with Gasteiger partial charge in [-0.05, 0) is 30.5 Å². The summed E-state index contributed by atoms with van der Waals surface area (Å²) in [5.74, 6) is 0.427. The molecular weight excluding hydrogens is 355 g/mol. The number of aryl methyl sites for hydroxylation is 1.